The lowest BCUT2D eigenvalue weighted by Gasteiger charge is -2.36. The van der Waals surface area contributed by atoms with Crippen LogP contribution in [0.15, 0.2) is 18.2 Å². The third-order valence-corrected chi connectivity index (χ3v) is 4.67. The van der Waals surface area contributed by atoms with Crippen LogP contribution in [-0.2, 0) is 4.79 Å². The molecule has 0 aromatic heterocycles. The van der Waals surface area contributed by atoms with E-state index >= 15 is 0 Å². The fourth-order valence-electron chi connectivity index (χ4n) is 2.89. The SMILES string of the molecule is COc1cc(OC)cc(C(=O)N2CCN(C(=O)C3(N)CC3)CC2)c1.Cl. The lowest BCUT2D eigenvalue weighted by atomic mass is 10.1. The van der Waals surface area contributed by atoms with Gasteiger partial charge in [0.1, 0.15) is 11.5 Å². The molecule has 0 unspecified atom stereocenters. The van der Waals surface area contributed by atoms with E-state index in [1.165, 1.54) is 0 Å². The van der Waals surface area contributed by atoms with Crippen LogP contribution in [0.4, 0.5) is 0 Å². The Morgan fingerprint density at radius 1 is 0.960 bits per heavy atom. The molecule has 0 atom stereocenters. The summed E-state index contributed by atoms with van der Waals surface area (Å²) in [6.45, 7) is 2.04. The first-order chi connectivity index (χ1) is 11.5. The summed E-state index contributed by atoms with van der Waals surface area (Å²) in [6, 6.07) is 5.12. The fourth-order valence-corrected chi connectivity index (χ4v) is 2.89. The molecule has 25 heavy (non-hydrogen) atoms. The molecule has 2 N–H and O–H groups in total. The Labute approximate surface area is 153 Å². The minimum atomic E-state index is -0.646. The van der Waals surface area contributed by atoms with Crippen molar-refractivity contribution in [1.29, 1.82) is 0 Å². The quantitative estimate of drug-likeness (QED) is 0.852. The normalized spacial score (nSPS) is 18.2. The molecule has 1 saturated carbocycles. The van der Waals surface area contributed by atoms with Crippen molar-refractivity contribution in [3.05, 3.63) is 23.8 Å². The summed E-state index contributed by atoms with van der Waals surface area (Å²) in [5.41, 5.74) is 5.84. The highest BCUT2D eigenvalue weighted by molar-refractivity contribution is 5.95. The van der Waals surface area contributed by atoms with Crippen LogP contribution in [-0.4, -0.2) is 67.6 Å². The van der Waals surface area contributed by atoms with Crippen LogP contribution in [0.2, 0.25) is 0 Å². The first-order valence-corrected chi connectivity index (χ1v) is 8.07. The molecule has 1 aliphatic carbocycles. The van der Waals surface area contributed by atoms with Gasteiger partial charge in [0.25, 0.3) is 5.91 Å². The molecule has 2 aliphatic rings. The van der Waals surface area contributed by atoms with Crippen molar-refractivity contribution in [2.75, 3.05) is 40.4 Å². The second-order valence-electron chi connectivity index (χ2n) is 6.34. The van der Waals surface area contributed by atoms with Crippen LogP contribution in [0.25, 0.3) is 0 Å². The van der Waals surface area contributed by atoms with Gasteiger partial charge in [-0.3, -0.25) is 9.59 Å². The number of rotatable bonds is 4. The molecule has 1 heterocycles. The molecular formula is C17H24ClN3O4. The highest BCUT2D eigenvalue weighted by Gasteiger charge is 2.48. The van der Waals surface area contributed by atoms with Gasteiger partial charge in [0.2, 0.25) is 5.91 Å². The van der Waals surface area contributed by atoms with E-state index in [1.54, 1.807) is 42.2 Å². The molecule has 0 radical (unpaired) electrons. The molecule has 7 nitrogen and oxygen atoms in total. The minimum absolute atomic E-state index is 0. The van der Waals surface area contributed by atoms with Gasteiger partial charge < -0.3 is 25.0 Å². The summed E-state index contributed by atoms with van der Waals surface area (Å²) < 4.78 is 10.4. The van der Waals surface area contributed by atoms with Crippen molar-refractivity contribution < 1.29 is 19.1 Å². The minimum Gasteiger partial charge on any atom is -0.497 e. The summed E-state index contributed by atoms with van der Waals surface area (Å²) in [7, 11) is 3.10. The zero-order chi connectivity index (χ0) is 17.3. The van der Waals surface area contributed by atoms with Gasteiger partial charge in [-0.1, -0.05) is 0 Å². The van der Waals surface area contributed by atoms with Gasteiger partial charge in [-0.2, -0.15) is 0 Å². The molecule has 1 aromatic rings. The second kappa shape index (κ2) is 7.49. The lowest BCUT2D eigenvalue weighted by Crippen LogP contribution is -2.55. The van der Waals surface area contributed by atoms with E-state index in [-0.39, 0.29) is 24.2 Å². The number of halogens is 1. The van der Waals surface area contributed by atoms with E-state index < -0.39 is 5.54 Å². The van der Waals surface area contributed by atoms with E-state index in [4.69, 9.17) is 15.2 Å². The number of piperazine rings is 1. The van der Waals surface area contributed by atoms with Gasteiger partial charge in [0, 0.05) is 37.8 Å². The Morgan fingerprint density at radius 3 is 1.88 bits per heavy atom. The topological polar surface area (TPSA) is 85.1 Å². The lowest BCUT2D eigenvalue weighted by molar-refractivity contribution is -0.135. The first kappa shape index (κ1) is 19.3. The van der Waals surface area contributed by atoms with Gasteiger partial charge in [-0.15, -0.1) is 12.4 Å². The Hall–Kier alpha value is -1.99. The van der Waals surface area contributed by atoms with Crippen LogP contribution < -0.4 is 15.2 Å². The van der Waals surface area contributed by atoms with Crippen molar-refractivity contribution in [2.45, 2.75) is 18.4 Å². The zero-order valence-electron chi connectivity index (χ0n) is 14.5. The molecule has 1 saturated heterocycles. The first-order valence-electron chi connectivity index (χ1n) is 8.07. The van der Waals surface area contributed by atoms with Crippen LogP contribution >= 0.6 is 12.4 Å². The molecule has 0 bridgehead atoms. The molecule has 0 spiro atoms. The highest BCUT2D eigenvalue weighted by Crippen LogP contribution is 2.34. The summed E-state index contributed by atoms with van der Waals surface area (Å²) in [5.74, 6) is 1.07. The number of carbonyl (C=O) groups is 2. The number of amides is 2. The van der Waals surface area contributed by atoms with E-state index in [2.05, 4.69) is 0 Å². The van der Waals surface area contributed by atoms with Crippen molar-refractivity contribution >= 4 is 24.2 Å². The number of hydrogen-bond acceptors (Lipinski definition) is 5. The summed E-state index contributed by atoms with van der Waals surface area (Å²) in [5, 5.41) is 0. The smallest absolute Gasteiger partial charge is 0.254 e. The fraction of sp³-hybridized carbons (Fsp3) is 0.529. The maximum atomic E-state index is 12.7. The van der Waals surface area contributed by atoms with Gasteiger partial charge >= 0.3 is 0 Å². The van der Waals surface area contributed by atoms with Crippen molar-refractivity contribution in [2.24, 2.45) is 5.73 Å². The van der Waals surface area contributed by atoms with Crippen molar-refractivity contribution in [1.82, 2.24) is 9.80 Å². The van der Waals surface area contributed by atoms with E-state index in [9.17, 15) is 9.59 Å². The zero-order valence-corrected chi connectivity index (χ0v) is 15.3. The Morgan fingerprint density at radius 2 is 1.44 bits per heavy atom. The number of nitrogens with zero attached hydrogens (tertiary/aromatic N) is 2. The third-order valence-electron chi connectivity index (χ3n) is 4.67. The van der Waals surface area contributed by atoms with Crippen LogP contribution in [0.1, 0.15) is 23.2 Å². The van der Waals surface area contributed by atoms with Gasteiger partial charge in [0.15, 0.2) is 0 Å². The largest absolute Gasteiger partial charge is 0.497 e. The molecule has 3 rings (SSSR count). The Kier molecular flexibility index (Phi) is 5.80. The molecular weight excluding hydrogens is 346 g/mol. The van der Waals surface area contributed by atoms with Crippen molar-refractivity contribution in [3.63, 3.8) is 0 Å². The molecule has 2 amide bonds. The average Bonchev–Trinajstić information content (AvgIpc) is 3.38. The number of carbonyl (C=O) groups excluding carboxylic acids is 2. The average molecular weight is 370 g/mol. The molecule has 1 aromatic carbocycles. The van der Waals surface area contributed by atoms with E-state index in [1.807, 2.05) is 0 Å². The monoisotopic (exact) mass is 369 g/mol. The highest BCUT2D eigenvalue weighted by atomic mass is 35.5. The molecule has 138 valence electrons. The van der Waals surface area contributed by atoms with Gasteiger partial charge in [0.05, 0.1) is 19.8 Å². The van der Waals surface area contributed by atoms with Gasteiger partial charge in [-0.25, -0.2) is 0 Å². The molecule has 2 fully saturated rings. The van der Waals surface area contributed by atoms with Crippen molar-refractivity contribution in [3.8, 4) is 11.5 Å². The number of nitrogens with two attached hydrogens (primary N) is 1. The number of benzene rings is 1. The predicted molar refractivity (Wildman–Crippen MR) is 95.4 cm³/mol. The summed E-state index contributed by atoms with van der Waals surface area (Å²) >= 11 is 0. The standard InChI is InChI=1S/C17H23N3O4.ClH/c1-23-13-9-12(10-14(11-13)24-2)15(21)19-5-7-20(8-6-19)16(22)17(18)3-4-17;/h9-11H,3-8,18H2,1-2H3;1H. The Bertz CT molecular complexity index is 633. The maximum absolute atomic E-state index is 12.7. The Balaban J connectivity index is 0.00000225. The molecule has 1 aliphatic heterocycles. The summed E-state index contributed by atoms with van der Waals surface area (Å²) in [6.07, 6.45) is 1.52. The van der Waals surface area contributed by atoms with Crippen LogP contribution in [0.3, 0.4) is 0 Å². The number of methoxy groups -OCH3 is 2. The summed E-state index contributed by atoms with van der Waals surface area (Å²) in [4.78, 5) is 28.5. The van der Waals surface area contributed by atoms with Gasteiger partial charge in [-0.05, 0) is 25.0 Å². The van der Waals surface area contributed by atoms with E-state index in [0.29, 0.717) is 43.2 Å². The second-order valence-corrected chi connectivity index (χ2v) is 6.34. The van der Waals surface area contributed by atoms with E-state index in [0.717, 1.165) is 12.8 Å². The third kappa shape index (κ3) is 3.99. The molecule has 8 heteroatoms. The number of ether oxygens (including phenoxy) is 2. The van der Waals surface area contributed by atoms with Crippen LogP contribution in [0.5, 0.6) is 11.5 Å². The van der Waals surface area contributed by atoms with Crippen LogP contribution in [0, 0.1) is 0 Å². The predicted octanol–water partition coefficient (Wildman–Crippen LogP) is 0.901. The number of hydrogen-bond donors (Lipinski definition) is 1. The maximum Gasteiger partial charge on any atom is 0.254 e.